The first-order valence-corrected chi connectivity index (χ1v) is 4.05. The summed E-state index contributed by atoms with van der Waals surface area (Å²) in [5.41, 5.74) is 5.86. The molecule has 0 aromatic heterocycles. The quantitative estimate of drug-likeness (QED) is 0.618. The van der Waals surface area contributed by atoms with Crippen LogP contribution in [0.1, 0.15) is 27.2 Å². The Labute approximate surface area is 63.4 Å². The Bertz CT molecular complexity index is 120. The zero-order valence-corrected chi connectivity index (χ0v) is 7.22. The minimum atomic E-state index is 0.220. The lowest BCUT2D eigenvalue weighted by molar-refractivity contribution is 0.00641. The molecule has 0 radical (unpaired) electrons. The van der Waals surface area contributed by atoms with Crippen molar-refractivity contribution in [3.63, 3.8) is 0 Å². The van der Waals surface area contributed by atoms with Crippen LogP contribution < -0.4 is 5.73 Å². The normalized spacial score (nSPS) is 28.2. The van der Waals surface area contributed by atoms with Gasteiger partial charge in [0.05, 0.1) is 0 Å². The van der Waals surface area contributed by atoms with Crippen molar-refractivity contribution in [3.05, 3.63) is 0 Å². The van der Waals surface area contributed by atoms with Gasteiger partial charge in [0, 0.05) is 24.7 Å². The van der Waals surface area contributed by atoms with E-state index in [1.807, 2.05) is 0 Å². The SMILES string of the molecule is CC1CCN1C(C)(C)CN. The van der Waals surface area contributed by atoms with Crippen molar-refractivity contribution in [3.8, 4) is 0 Å². The molecule has 1 saturated heterocycles. The van der Waals surface area contributed by atoms with Crippen LogP contribution in [0, 0.1) is 0 Å². The van der Waals surface area contributed by atoms with Crippen molar-refractivity contribution in [1.29, 1.82) is 0 Å². The zero-order chi connectivity index (χ0) is 7.78. The maximum Gasteiger partial charge on any atom is 0.0278 e. The van der Waals surface area contributed by atoms with Crippen molar-refractivity contribution < 1.29 is 0 Å². The van der Waals surface area contributed by atoms with Crippen LogP contribution in [0.15, 0.2) is 0 Å². The number of hydrogen-bond acceptors (Lipinski definition) is 2. The first kappa shape index (κ1) is 8.02. The highest BCUT2D eigenvalue weighted by Gasteiger charge is 2.34. The summed E-state index contributed by atoms with van der Waals surface area (Å²) >= 11 is 0. The summed E-state index contributed by atoms with van der Waals surface area (Å²) in [6.07, 6.45) is 1.34. The molecule has 0 bridgehead atoms. The van der Waals surface area contributed by atoms with Gasteiger partial charge >= 0.3 is 0 Å². The molecule has 0 spiro atoms. The summed E-state index contributed by atoms with van der Waals surface area (Å²) in [5.74, 6) is 0. The van der Waals surface area contributed by atoms with E-state index in [4.69, 9.17) is 5.73 Å². The average molecular weight is 142 g/mol. The highest BCUT2D eigenvalue weighted by atomic mass is 15.3. The van der Waals surface area contributed by atoms with Crippen molar-refractivity contribution in [2.24, 2.45) is 5.73 Å². The van der Waals surface area contributed by atoms with Gasteiger partial charge in [-0.1, -0.05) is 0 Å². The van der Waals surface area contributed by atoms with E-state index < -0.39 is 0 Å². The van der Waals surface area contributed by atoms with Crippen LogP contribution in [-0.2, 0) is 0 Å². The Morgan fingerprint density at radius 2 is 2.20 bits per heavy atom. The van der Waals surface area contributed by atoms with Gasteiger partial charge in [-0.05, 0) is 27.2 Å². The molecule has 2 heteroatoms. The molecular weight excluding hydrogens is 124 g/mol. The summed E-state index contributed by atoms with van der Waals surface area (Å²) in [6.45, 7) is 8.68. The molecule has 0 amide bonds. The van der Waals surface area contributed by atoms with Gasteiger partial charge in [0.15, 0.2) is 0 Å². The van der Waals surface area contributed by atoms with E-state index in [0.717, 1.165) is 12.6 Å². The van der Waals surface area contributed by atoms with Crippen molar-refractivity contribution >= 4 is 0 Å². The Kier molecular flexibility index (Phi) is 2.02. The van der Waals surface area contributed by atoms with Crippen molar-refractivity contribution in [2.45, 2.75) is 38.8 Å². The van der Waals surface area contributed by atoms with Crippen LogP contribution in [0.5, 0.6) is 0 Å². The summed E-state index contributed by atoms with van der Waals surface area (Å²) in [6, 6.07) is 0.749. The van der Waals surface area contributed by atoms with E-state index in [1.54, 1.807) is 0 Å². The number of nitrogens with two attached hydrogens (primary N) is 1. The van der Waals surface area contributed by atoms with Crippen LogP contribution in [-0.4, -0.2) is 29.6 Å². The van der Waals surface area contributed by atoms with Gasteiger partial charge in [-0.15, -0.1) is 0 Å². The monoisotopic (exact) mass is 142 g/mol. The fourth-order valence-corrected chi connectivity index (χ4v) is 1.53. The second-order valence-electron chi connectivity index (χ2n) is 3.85. The van der Waals surface area contributed by atoms with E-state index in [9.17, 15) is 0 Å². The molecule has 1 unspecified atom stereocenters. The first-order chi connectivity index (χ1) is 4.58. The highest BCUT2D eigenvalue weighted by molar-refractivity contribution is 4.92. The molecule has 60 valence electrons. The van der Waals surface area contributed by atoms with Gasteiger partial charge < -0.3 is 5.73 Å². The van der Waals surface area contributed by atoms with Crippen LogP contribution in [0.25, 0.3) is 0 Å². The molecule has 2 nitrogen and oxygen atoms in total. The standard InChI is InChI=1S/C8H18N2/c1-7-4-5-10(7)8(2,3)6-9/h7H,4-6,9H2,1-3H3. The maximum absolute atomic E-state index is 5.64. The van der Waals surface area contributed by atoms with Crippen molar-refractivity contribution in [2.75, 3.05) is 13.1 Å². The molecular formula is C8H18N2. The molecule has 1 rings (SSSR count). The Hall–Kier alpha value is -0.0800. The fourth-order valence-electron chi connectivity index (χ4n) is 1.53. The second-order valence-corrected chi connectivity index (χ2v) is 3.85. The van der Waals surface area contributed by atoms with E-state index in [0.29, 0.717) is 0 Å². The minimum absolute atomic E-state index is 0.220. The van der Waals surface area contributed by atoms with Crippen LogP contribution in [0.4, 0.5) is 0 Å². The van der Waals surface area contributed by atoms with Gasteiger partial charge in [-0.3, -0.25) is 4.90 Å². The molecule has 0 aromatic rings. The Balaban J connectivity index is 2.47. The molecule has 1 fully saturated rings. The second kappa shape index (κ2) is 2.51. The van der Waals surface area contributed by atoms with E-state index in [2.05, 4.69) is 25.7 Å². The average Bonchev–Trinajstić information content (AvgIpc) is 1.84. The Morgan fingerprint density at radius 1 is 1.60 bits per heavy atom. The molecule has 0 aromatic carbocycles. The lowest BCUT2D eigenvalue weighted by Crippen LogP contribution is -2.60. The third-order valence-corrected chi connectivity index (χ3v) is 2.60. The van der Waals surface area contributed by atoms with Crippen LogP contribution in [0.2, 0.25) is 0 Å². The third kappa shape index (κ3) is 1.18. The van der Waals surface area contributed by atoms with Crippen LogP contribution >= 0.6 is 0 Å². The highest BCUT2D eigenvalue weighted by Crippen LogP contribution is 2.26. The number of likely N-dealkylation sites (tertiary alicyclic amines) is 1. The predicted molar refractivity (Wildman–Crippen MR) is 43.9 cm³/mol. The third-order valence-electron chi connectivity index (χ3n) is 2.60. The molecule has 1 atom stereocenters. The van der Waals surface area contributed by atoms with Crippen molar-refractivity contribution in [1.82, 2.24) is 4.90 Å². The van der Waals surface area contributed by atoms with Crippen LogP contribution in [0.3, 0.4) is 0 Å². The van der Waals surface area contributed by atoms with E-state index in [-0.39, 0.29) is 5.54 Å². The minimum Gasteiger partial charge on any atom is -0.329 e. The predicted octanol–water partition coefficient (Wildman–Crippen LogP) is 0.818. The molecule has 10 heavy (non-hydrogen) atoms. The number of hydrogen-bond donors (Lipinski definition) is 1. The van der Waals surface area contributed by atoms with Gasteiger partial charge in [0.25, 0.3) is 0 Å². The molecule has 2 N–H and O–H groups in total. The topological polar surface area (TPSA) is 29.3 Å². The largest absolute Gasteiger partial charge is 0.329 e. The lowest BCUT2D eigenvalue weighted by Gasteiger charge is -2.49. The molecule has 1 aliphatic heterocycles. The molecule has 1 aliphatic rings. The summed E-state index contributed by atoms with van der Waals surface area (Å²) in [4.78, 5) is 2.47. The smallest absolute Gasteiger partial charge is 0.0278 e. The summed E-state index contributed by atoms with van der Waals surface area (Å²) in [5, 5.41) is 0. The summed E-state index contributed by atoms with van der Waals surface area (Å²) in [7, 11) is 0. The first-order valence-electron chi connectivity index (χ1n) is 4.05. The zero-order valence-electron chi connectivity index (χ0n) is 7.22. The van der Waals surface area contributed by atoms with Gasteiger partial charge in [0.1, 0.15) is 0 Å². The number of nitrogens with zero attached hydrogens (tertiary/aromatic N) is 1. The van der Waals surface area contributed by atoms with Gasteiger partial charge in [0.2, 0.25) is 0 Å². The van der Waals surface area contributed by atoms with E-state index in [1.165, 1.54) is 13.0 Å². The van der Waals surface area contributed by atoms with Gasteiger partial charge in [-0.2, -0.15) is 0 Å². The van der Waals surface area contributed by atoms with Gasteiger partial charge in [-0.25, -0.2) is 0 Å². The summed E-state index contributed by atoms with van der Waals surface area (Å²) < 4.78 is 0. The molecule has 1 heterocycles. The fraction of sp³-hybridized carbons (Fsp3) is 1.00. The maximum atomic E-state index is 5.64. The molecule has 0 saturated carbocycles. The Morgan fingerprint density at radius 3 is 2.30 bits per heavy atom. The molecule has 0 aliphatic carbocycles. The lowest BCUT2D eigenvalue weighted by atomic mass is 9.93. The number of rotatable bonds is 2. The van der Waals surface area contributed by atoms with E-state index >= 15 is 0 Å².